The number of nitrogens with two attached hydrogens (primary N) is 1. The van der Waals surface area contributed by atoms with Crippen molar-refractivity contribution >= 4 is 11.6 Å². The third-order valence-electron chi connectivity index (χ3n) is 2.77. The van der Waals surface area contributed by atoms with Gasteiger partial charge in [0.2, 0.25) is 5.91 Å². The van der Waals surface area contributed by atoms with Gasteiger partial charge in [-0.3, -0.25) is 4.79 Å². The fraction of sp³-hybridized carbons (Fsp3) is 0.462. The number of anilines is 1. The summed E-state index contributed by atoms with van der Waals surface area (Å²) in [6.07, 6.45) is 0. The van der Waals surface area contributed by atoms with Crippen LogP contribution in [0.5, 0.6) is 0 Å². The van der Waals surface area contributed by atoms with Gasteiger partial charge in [-0.1, -0.05) is 12.1 Å². The first kappa shape index (κ1) is 12.7. The number of aryl methyl sites for hydroxylation is 2. The maximum atomic E-state index is 11.9. The van der Waals surface area contributed by atoms with Gasteiger partial charge in [-0.25, -0.2) is 0 Å². The van der Waals surface area contributed by atoms with Gasteiger partial charge in [-0.05, 0) is 44.9 Å². The van der Waals surface area contributed by atoms with Crippen molar-refractivity contribution in [3.05, 3.63) is 29.3 Å². The summed E-state index contributed by atoms with van der Waals surface area (Å²) in [5.41, 5.74) is 8.10. The summed E-state index contributed by atoms with van der Waals surface area (Å²) in [7, 11) is 0. The van der Waals surface area contributed by atoms with E-state index < -0.39 is 5.41 Å². The molecule has 0 atom stereocenters. The van der Waals surface area contributed by atoms with Crippen LogP contribution in [0, 0.1) is 19.3 Å². The second-order valence-electron chi connectivity index (χ2n) is 4.86. The number of rotatable bonds is 3. The van der Waals surface area contributed by atoms with Crippen LogP contribution in [0.3, 0.4) is 0 Å². The predicted molar refractivity (Wildman–Crippen MR) is 67.4 cm³/mol. The van der Waals surface area contributed by atoms with Gasteiger partial charge in [0.15, 0.2) is 0 Å². The van der Waals surface area contributed by atoms with Crippen molar-refractivity contribution in [2.45, 2.75) is 27.7 Å². The molecule has 0 aliphatic rings. The van der Waals surface area contributed by atoms with E-state index in [2.05, 4.69) is 5.32 Å². The fourth-order valence-corrected chi connectivity index (χ4v) is 1.25. The van der Waals surface area contributed by atoms with Crippen LogP contribution in [0.25, 0.3) is 0 Å². The van der Waals surface area contributed by atoms with E-state index in [1.165, 1.54) is 0 Å². The highest BCUT2D eigenvalue weighted by atomic mass is 16.2. The smallest absolute Gasteiger partial charge is 0.231 e. The molecule has 0 saturated heterocycles. The largest absolute Gasteiger partial charge is 0.329 e. The summed E-state index contributed by atoms with van der Waals surface area (Å²) in [6.45, 7) is 8.00. The molecular formula is C13H20N2O. The molecule has 16 heavy (non-hydrogen) atoms. The highest BCUT2D eigenvalue weighted by Crippen LogP contribution is 2.20. The van der Waals surface area contributed by atoms with Gasteiger partial charge < -0.3 is 11.1 Å². The van der Waals surface area contributed by atoms with Crippen LogP contribution in [0.1, 0.15) is 25.0 Å². The number of hydrogen-bond donors (Lipinski definition) is 2. The van der Waals surface area contributed by atoms with Gasteiger partial charge in [0.25, 0.3) is 0 Å². The molecule has 0 aliphatic heterocycles. The molecule has 1 aromatic carbocycles. The Bertz CT molecular complexity index is 397. The van der Waals surface area contributed by atoms with Crippen LogP contribution in [-0.2, 0) is 4.79 Å². The normalized spacial score (nSPS) is 11.3. The number of benzene rings is 1. The maximum absolute atomic E-state index is 11.9. The van der Waals surface area contributed by atoms with Crippen LogP contribution in [0.15, 0.2) is 18.2 Å². The third kappa shape index (κ3) is 2.83. The van der Waals surface area contributed by atoms with E-state index in [-0.39, 0.29) is 5.91 Å². The fourth-order valence-electron chi connectivity index (χ4n) is 1.25. The lowest BCUT2D eigenvalue weighted by Gasteiger charge is -2.22. The highest BCUT2D eigenvalue weighted by molar-refractivity contribution is 5.95. The predicted octanol–water partition coefficient (Wildman–Crippen LogP) is 2.23. The first-order valence-corrected chi connectivity index (χ1v) is 5.45. The van der Waals surface area contributed by atoms with E-state index in [1.807, 2.05) is 45.9 Å². The van der Waals surface area contributed by atoms with Crippen molar-refractivity contribution in [3.63, 3.8) is 0 Å². The zero-order valence-corrected chi connectivity index (χ0v) is 10.4. The summed E-state index contributed by atoms with van der Waals surface area (Å²) >= 11 is 0. The molecule has 3 nitrogen and oxygen atoms in total. The Morgan fingerprint density at radius 3 is 2.56 bits per heavy atom. The zero-order chi connectivity index (χ0) is 12.3. The van der Waals surface area contributed by atoms with Crippen molar-refractivity contribution < 1.29 is 4.79 Å². The van der Waals surface area contributed by atoms with Crippen LogP contribution in [0.2, 0.25) is 0 Å². The number of hydrogen-bond acceptors (Lipinski definition) is 2. The lowest BCUT2D eigenvalue weighted by Crippen LogP contribution is -2.37. The number of carbonyl (C=O) groups excluding carboxylic acids is 1. The van der Waals surface area contributed by atoms with Gasteiger partial charge in [-0.2, -0.15) is 0 Å². The zero-order valence-electron chi connectivity index (χ0n) is 10.4. The molecule has 0 spiro atoms. The standard InChI is InChI=1S/C13H20N2O/c1-9-5-6-10(2)11(7-9)15-12(16)13(3,4)8-14/h5-7H,8,14H2,1-4H3,(H,15,16). The average Bonchev–Trinajstić information content (AvgIpc) is 2.23. The monoisotopic (exact) mass is 220 g/mol. The molecule has 0 aliphatic carbocycles. The topological polar surface area (TPSA) is 55.1 Å². The van der Waals surface area contributed by atoms with Gasteiger partial charge >= 0.3 is 0 Å². The third-order valence-corrected chi connectivity index (χ3v) is 2.77. The summed E-state index contributed by atoms with van der Waals surface area (Å²) in [5, 5.41) is 2.92. The summed E-state index contributed by atoms with van der Waals surface area (Å²) in [5.74, 6) is -0.0382. The Hall–Kier alpha value is -1.35. The Morgan fingerprint density at radius 2 is 2.00 bits per heavy atom. The van der Waals surface area contributed by atoms with Crippen molar-refractivity contribution in [2.24, 2.45) is 11.1 Å². The van der Waals surface area contributed by atoms with Gasteiger partial charge in [0.05, 0.1) is 5.41 Å². The van der Waals surface area contributed by atoms with Gasteiger partial charge in [0, 0.05) is 12.2 Å². The molecule has 0 aromatic heterocycles. The SMILES string of the molecule is Cc1ccc(C)c(NC(=O)C(C)(C)CN)c1. The molecule has 3 N–H and O–H groups in total. The Balaban J connectivity index is 2.89. The highest BCUT2D eigenvalue weighted by Gasteiger charge is 2.25. The summed E-state index contributed by atoms with van der Waals surface area (Å²) in [4.78, 5) is 11.9. The van der Waals surface area contributed by atoms with E-state index in [9.17, 15) is 4.79 Å². The molecule has 3 heteroatoms. The molecule has 0 radical (unpaired) electrons. The molecule has 0 bridgehead atoms. The van der Waals surface area contributed by atoms with E-state index in [4.69, 9.17) is 5.73 Å². The van der Waals surface area contributed by atoms with Gasteiger partial charge in [-0.15, -0.1) is 0 Å². The molecule has 0 saturated carbocycles. The summed E-state index contributed by atoms with van der Waals surface area (Å²) in [6, 6.07) is 6.00. The van der Waals surface area contributed by atoms with Crippen LogP contribution < -0.4 is 11.1 Å². The molecule has 1 rings (SSSR count). The van der Waals surface area contributed by atoms with E-state index in [0.29, 0.717) is 6.54 Å². The molecule has 0 fully saturated rings. The van der Waals surface area contributed by atoms with Crippen molar-refractivity contribution in [1.82, 2.24) is 0 Å². The van der Waals surface area contributed by atoms with E-state index in [1.54, 1.807) is 0 Å². The molecule has 0 heterocycles. The molecule has 1 aromatic rings. The van der Waals surface area contributed by atoms with Crippen LogP contribution in [0.4, 0.5) is 5.69 Å². The maximum Gasteiger partial charge on any atom is 0.231 e. The Morgan fingerprint density at radius 1 is 1.38 bits per heavy atom. The van der Waals surface area contributed by atoms with Crippen molar-refractivity contribution in [2.75, 3.05) is 11.9 Å². The summed E-state index contributed by atoms with van der Waals surface area (Å²) < 4.78 is 0. The van der Waals surface area contributed by atoms with Crippen molar-refractivity contribution in [3.8, 4) is 0 Å². The molecular weight excluding hydrogens is 200 g/mol. The number of amides is 1. The van der Waals surface area contributed by atoms with Crippen molar-refractivity contribution in [1.29, 1.82) is 0 Å². The van der Waals surface area contributed by atoms with Gasteiger partial charge in [0.1, 0.15) is 0 Å². The molecule has 0 unspecified atom stereocenters. The lowest BCUT2D eigenvalue weighted by atomic mass is 9.92. The number of nitrogens with one attached hydrogen (secondary N) is 1. The van der Waals surface area contributed by atoms with Crippen LogP contribution in [-0.4, -0.2) is 12.5 Å². The molecule has 88 valence electrons. The minimum atomic E-state index is -0.532. The van der Waals surface area contributed by atoms with E-state index >= 15 is 0 Å². The first-order valence-electron chi connectivity index (χ1n) is 5.45. The Kier molecular flexibility index (Phi) is 3.70. The first-order chi connectivity index (χ1) is 7.36. The second kappa shape index (κ2) is 4.66. The second-order valence-corrected chi connectivity index (χ2v) is 4.86. The minimum Gasteiger partial charge on any atom is -0.329 e. The average molecular weight is 220 g/mol. The van der Waals surface area contributed by atoms with Crippen LogP contribution >= 0.6 is 0 Å². The minimum absolute atomic E-state index is 0.0382. The van der Waals surface area contributed by atoms with E-state index in [0.717, 1.165) is 16.8 Å². The lowest BCUT2D eigenvalue weighted by molar-refractivity contribution is -0.123. The quantitative estimate of drug-likeness (QED) is 0.820. The Labute approximate surface area is 97.0 Å². The molecule has 1 amide bonds. The number of carbonyl (C=O) groups is 1.